The van der Waals surface area contributed by atoms with Gasteiger partial charge in [0.2, 0.25) is 5.91 Å². The molecule has 6 heteroatoms. The minimum atomic E-state index is -0.572. The van der Waals surface area contributed by atoms with Gasteiger partial charge in [0.25, 0.3) is 5.91 Å². The summed E-state index contributed by atoms with van der Waals surface area (Å²) in [5, 5.41) is 5.83. The van der Waals surface area contributed by atoms with Gasteiger partial charge in [0, 0.05) is 6.54 Å². The van der Waals surface area contributed by atoms with Crippen LogP contribution >= 0.6 is 0 Å². The van der Waals surface area contributed by atoms with Gasteiger partial charge in [0.15, 0.2) is 0 Å². The van der Waals surface area contributed by atoms with Gasteiger partial charge in [0.05, 0.1) is 12.7 Å². The third kappa shape index (κ3) is 6.54. The maximum absolute atomic E-state index is 12.6. The number of carbonyl (C=O) groups excluding carboxylic acids is 2. The highest BCUT2D eigenvalue weighted by Crippen LogP contribution is 2.17. The van der Waals surface area contributed by atoms with Gasteiger partial charge in [0.1, 0.15) is 11.8 Å². The van der Waals surface area contributed by atoms with Crippen molar-refractivity contribution in [2.75, 3.05) is 33.3 Å². The first-order valence-corrected chi connectivity index (χ1v) is 9.97. The first-order chi connectivity index (χ1) is 13.0. The van der Waals surface area contributed by atoms with Crippen molar-refractivity contribution >= 4 is 11.8 Å². The molecule has 0 bridgehead atoms. The predicted octanol–water partition coefficient (Wildman–Crippen LogP) is 2.44. The molecule has 2 amide bonds. The molecule has 0 saturated carbocycles. The van der Waals surface area contributed by atoms with Gasteiger partial charge in [-0.1, -0.05) is 32.4 Å². The van der Waals surface area contributed by atoms with E-state index in [0.717, 1.165) is 26.1 Å². The molecular weight excluding hydrogens is 342 g/mol. The zero-order valence-corrected chi connectivity index (χ0v) is 16.8. The summed E-state index contributed by atoms with van der Waals surface area (Å²) in [6, 6.07) is 6.45. The van der Waals surface area contributed by atoms with E-state index in [0.29, 0.717) is 17.9 Å². The van der Waals surface area contributed by atoms with Gasteiger partial charge < -0.3 is 20.3 Å². The standard InChI is InChI=1S/C21H33N3O3/c1-16(2)19(23-20(25)17-10-5-6-11-18(17)27-3)21(26)22-12-9-15-24-13-7-4-8-14-24/h5-6,10-11,16,19H,4,7-9,12-15H2,1-3H3,(H,22,26)(H,23,25). The summed E-state index contributed by atoms with van der Waals surface area (Å²) in [5.41, 5.74) is 0.434. The Hall–Kier alpha value is -2.08. The van der Waals surface area contributed by atoms with Crippen LogP contribution in [-0.2, 0) is 4.79 Å². The first kappa shape index (κ1) is 21.2. The zero-order chi connectivity index (χ0) is 19.6. The van der Waals surface area contributed by atoms with Crippen LogP contribution in [0.4, 0.5) is 0 Å². The average Bonchev–Trinajstić information content (AvgIpc) is 2.69. The number of para-hydroxylation sites is 1. The Morgan fingerprint density at radius 3 is 2.52 bits per heavy atom. The van der Waals surface area contributed by atoms with Crippen molar-refractivity contribution in [2.24, 2.45) is 5.92 Å². The molecule has 1 aliphatic rings. The highest BCUT2D eigenvalue weighted by Gasteiger charge is 2.25. The fraction of sp³-hybridized carbons (Fsp3) is 0.619. The third-order valence-corrected chi connectivity index (χ3v) is 4.99. The second-order valence-corrected chi connectivity index (χ2v) is 7.44. The van der Waals surface area contributed by atoms with E-state index >= 15 is 0 Å². The Bertz CT molecular complexity index is 612. The highest BCUT2D eigenvalue weighted by molar-refractivity contribution is 5.99. The van der Waals surface area contributed by atoms with Gasteiger partial charge in [-0.2, -0.15) is 0 Å². The Balaban J connectivity index is 1.84. The number of nitrogens with one attached hydrogen (secondary N) is 2. The molecule has 1 saturated heterocycles. The number of rotatable bonds is 9. The molecule has 2 rings (SSSR count). The summed E-state index contributed by atoms with van der Waals surface area (Å²) in [5.74, 6) is 0.0618. The number of carbonyl (C=O) groups is 2. The summed E-state index contributed by atoms with van der Waals surface area (Å²) in [4.78, 5) is 27.6. The lowest BCUT2D eigenvalue weighted by Crippen LogP contribution is -2.50. The highest BCUT2D eigenvalue weighted by atomic mass is 16.5. The van der Waals surface area contributed by atoms with Crippen LogP contribution in [-0.4, -0.2) is 56.0 Å². The molecule has 1 atom stereocenters. The number of hydrogen-bond donors (Lipinski definition) is 2. The minimum absolute atomic E-state index is 0.00856. The quantitative estimate of drug-likeness (QED) is 0.651. The van der Waals surface area contributed by atoms with Crippen molar-refractivity contribution in [1.29, 1.82) is 0 Å². The summed E-state index contributed by atoms with van der Waals surface area (Å²) in [7, 11) is 1.53. The molecule has 6 nitrogen and oxygen atoms in total. The smallest absolute Gasteiger partial charge is 0.255 e. The fourth-order valence-corrected chi connectivity index (χ4v) is 3.39. The maximum atomic E-state index is 12.6. The fourth-order valence-electron chi connectivity index (χ4n) is 3.39. The molecule has 0 spiro atoms. The SMILES string of the molecule is COc1ccccc1C(=O)NC(C(=O)NCCCN1CCCCC1)C(C)C. The number of methoxy groups -OCH3 is 1. The summed E-state index contributed by atoms with van der Waals surface area (Å²) in [6.07, 6.45) is 4.81. The number of likely N-dealkylation sites (tertiary alicyclic amines) is 1. The van der Waals surface area contributed by atoms with Crippen molar-refractivity contribution in [3.05, 3.63) is 29.8 Å². The molecule has 1 aromatic carbocycles. The second kappa shape index (κ2) is 10.9. The molecule has 1 unspecified atom stereocenters. The maximum Gasteiger partial charge on any atom is 0.255 e. The average molecular weight is 376 g/mol. The van der Waals surface area contributed by atoms with E-state index in [4.69, 9.17) is 4.74 Å². The van der Waals surface area contributed by atoms with Crippen LogP contribution in [0.1, 0.15) is 49.9 Å². The van der Waals surface area contributed by atoms with Crippen molar-refractivity contribution < 1.29 is 14.3 Å². The largest absolute Gasteiger partial charge is 0.496 e. The molecule has 0 radical (unpaired) electrons. The monoisotopic (exact) mass is 375 g/mol. The van der Waals surface area contributed by atoms with Crippen LogP contribution < -0.4 is 15.4 Å². The van der Waals surface area contributed by atoms with Gasteiger partial charge in [-0.3, -0.25) is 9.59 Å². The van der Waals surface area contributed by atoms with Crippen LogP contribution in [0.2, 0.25) is 0 Å². The van der Waals surface area contributed by atoms with Crippen LogP contribution in [0, 0.1) is 5.92 Å². The first-order valence-electron chi connectivity index (χ1n) is 9.97. The predicted molar refractivity (Wildman–Crippen MR) is 107 cm³/mol. The van der Waals surface area contributed by atoms with E-state index in [-0.39, 0.29) is 17.7 Å². The third-order valence-electron chi connectivity index (χ3n) is 4.99. The number of piperidine rings is 1. The van der Waals surface area contributed by atoms with Gasteiger partial charge in [-0.25, -0.2) is 0 Å². The number of amides is 2. The van der Waals surface area contributed by atoms with Crippen LogP contribution in [0.3, 0.4) is 0 Å². The van der Waals surface area contributed by atoms with E-state index in [1.807, 2.05) is 19.9 Å². The molecule has 1 aliphatic heterocycles. The lowest BCUT2D eigenvalue weighted by molar-refractivity contribution is -0.123. The number of hydrogen-bond acceptors (Lipinski definition) is 4. The Morgan fingerprint density at radius 2 is 1.85 bits per heavy atom. The normalized spacial score (nSPS) is 16.0. The molecule has 150 valence electrons. The lowest BCUT2D eigenvalue weighted by atomic mass is 10.0. The minimum Gasteiger partial charge on any atom is -0.496 e. The topological polar surface area (TPSA) is 70.7 Å². The number of nitrogens with zero attached hydrogens (tertiary/aromatic N) is 1. The lowest BCUT2D eigenvalue weighted by Gasteiger charge is -2.26. The van der Waals surface area contributed by atoms with Gasteiger partial charge in [-0.05, 0) is 56.9 Å². The molecule has 1 heterocycles. The van der Waals surface area contributed by atoms with E-state index in [9.17, 15) is 9.59 Å². The van der Waals surface area contributed by atoms with Crippen LogP contribution in [0.25, 0.3) is 0 Å². The van der Waals surface area contributed by atoms with Crippen molar-refractivity contribution in [2.45, 2.75) is 45.6 Å². The van der Waals surface area contributed by atoms with Crippen LogP contribution in [0.5, 0.6) is 5.75 Å². The molecule has 1 aromatic rings. The van der Waals surface area contributed by atoms with Crippen molar-refractivity contribution in [3.63, 3.8) is 0 Å². The number of ether oxygens (including phenoxy) is 1. The summed E-state index contributed by atoms with van der Waals surface area (Å²) >= 11 is 0. The molecule has 27 heavy (non-hydrogen) atoms. The van der Waals surface area contributed by atoms with E-state index in [2.05, 4.69) is 15.5 Å². The van der Waals surface area contributed by atoms with Crippen LogP contribution in [0.15, 0.2) is 24.3 Å². The van der Waals surface area contributed by atoms with E-state index in [1.165, 1.54) is 26.4 Å². The van der Waals surface area contributed by atoms with E-state index in [1.54, 1.807) is 18.2 Å². The van der Waals surface area contributed by atoms with E-state index < -0.39 is 6.04 Å². The Morgan fingerprint density at radius 1 is 1.15 bits per heavy atom. The van der Waals surface area contributed by atoms with Crippen molar-refractivity contribution in [1.82, 2.24) is 15.5 Å². The molecular formula is C21H33N3O3. The van der Waals surface area contributed by atoms with Gasteiger partial charge in [-0.15, -0.1) is 0 Å². The molecule has 1 fully saturated rings. The molecule has 2 N–H and O–H groups in total. The van der Waals surface area contributed by atoms with Crippen molar-refractivity contribution in [3.8, 4) is 5.75 Å². The number of benzene rings is 1. The summed E-state index contributed by atoms with van der Waals surface area (Å²) in [6.45, 7) is 7.83. The zero-order valence-electron chi connectivity index (χ0n) is 16.8. The molecule has 0 aliphatic carbocycles. The molecule has 0 aromatic heterocycles. The Kier molecular flexibility index (Phi) is 8.58. The Labute approximate surface area is 162 Å². The van der Waals surface area contributed by atoms with Gasteiger partial charge >= 0.3 is 0 Å². The summed E-state index contributed by atoms with van der Waals surface area (Å²) < 4.78 is 5.24. The second-order valence-electron chi connectivity index (χ2n) is 7.44.